The molecule has 0 spiro atoms. The van der Waals surface area contributed by atoms with E-state index in [-0.39, 0.29) is 42.3 Å². The molecule has 0 saturated heterocycles. The molecule has 4 N–H and O–H groups in total. The van der Waals surface area contributed by atoms with Gasteiger partial charge >= 0.3 is 12.0 Å². The fourth-order valence-electron chi connectivity index (χ4n) is 5.13. The first-order valence-electron chi connectivity index (χ1n) is 13.5. The van der Waals surface area contributed by atoms with Crippen LogP contribution in [0, 0.1) is 17.3 Å². The van der Waals surface area contributed by atoms with E-state index in [9.17, 15) is 14.4 Å². The number of hydrogen-bond acceptors (Lipinski definition) is 4. The van der Waals surface area contributed by atoms with E-state index in [1.54, 1.807) is 12.1 Å². The van der Waals surface area contributed by atoms with E-state index in [2.05, 4.69) is 36.7 Å². The van der Waals surface area contributed by atoms with Crippen LogP contribution in [0.2, 0.25) is 0 Å². The number of anilines is 1. The number of aliphatic carboxylic acids is 1. The summed E-state index contributed by atoms with van der Waals surface area (Å²) in [7, 11) is 0. The first-order valence-corrected chi connectivity index (χ1v) is 13.5. The molecule has 8 heteroatoms. The Morgan fingerprint density at radius 3 is 2.16 bits per heavy atom. The maximum absolute atomic E-state index is 13.1. The summed E-state index contributed by atoms with van der Waals surface area (Å²) < 4.78 is 5.48. The Balaban J connectivity index is 1.72. The second kappa shape index (κ2) is 13.3. The van der Waals surface area contributed by atoms with Crippen LogP contribution in [0.4, 0.5) is 10.5 Å². The summed E-state index contributed by atoms with van der Waals surface area (Å²) in [5, 5.41) is 17.5. The van der Waals surface area contributed by atoms with E-state index >= 15 is 0 Å². The molecule has 206 valence electrons. The number of carboxylic acid groups (broad SMARTS) is 1. The van der Waals surface area contributed by atoms with Crippen LogP contribution in [-0.4, -0.2) is 36.2 Å². The van der Waals surface area contributed by atoms with Crippen molar-refractivity contribution in [3.63, 3.8) is 0 Å². The zero-order valence-electron chi connectivity index (χ0n) is 22.9. The third-order valence-electron chi connectivity index (χ3n) is 7.33. The van der Waals surface area contributed by atoms with Crippen molar-refractivity contribution in [3.8, 4) is 5.75 Å². The van der Waals surface area contributed by atoms with Gasteiger partial charge in [-0.15, -0.1) is 0 Å². The molecule has 38 heavy (non-hydrogen) atoms. The number of rotatable bonds is 10. The molecule has 8 nitrogen and oxygen atoms in total. The fourth-order valence-corrected chi connectivity index (χ4v) is 5.13. The molecule has 1 atom stereocenters. The van der Waals surface area contributed by atoms with E-state index in [1.165, 1.54) is 0 Å². The average molecular weight is 524 g/mol. The monoisotopic (exact) mass is 523 g/mol. The predicted octanol–water partition coefficient (Wildman–Crippen LogP) is 6.01. The lowest BCUT2D eigenvalue weighted by Crippen LogP contribution is -2.38. The average Bonchev–Trinajstić information content (AvgIpc) is 2.88. The summed E-state index contributed by atoms with van der Waals surface area (Å²) in [5.74, 6) is 0.392. The number of carbonyl (C=O) groups excluding carboxylic acids is 2. The lowest BCUT2D eigenvalue weighted by atomic mass is 9.68. The third-order valence-corrected chi connectivity index (χ3v) is 7.33. The van der Waals surface area contributed by atoms with E-state index in [4.69, 9.17) is 9.84 Å². The van der Waals surface area contributed by atoms with Crippen LogP contribution in [0.25, 0.3) is 0 Å². The van der Waals surface area contributed by atoms with Gasteiger partial charge in [0, 0.05) is 17.8 Å². The first kappa shape index (κ1) is 29.0. The van der Waals surface area contributed by atoms with Crippen LogP contribution < -0.4 is 20.7 Å². The Bertz CT molecular complexity index is 1070. The van der Waals surface area contributed by atoms with Gasteiger partial charge in [-0.2, -0.15) is 0 Å². The highest BCUT2D eigenvalue weighted by Gasteiger charge is 2.34. The van der Waals surface area contributed by atoms with Gasteiger partial charge in [0.15, 0.2) is 0 Å². The molecule has 3 rings (SSSR count). The minimum atomic E-state index is -0.959. The van der Waals surface area contributed by atoms with E-state index in [0.29, 0.717) is 23.8 Å². The van der Waals surface area contributed by atoms with Gasteiger partial charge in [-0.3, -0.25) is 9.59 Å². The van der Waals surface area contributed by atoms with Crippen molar-refractivity contribution in [2.75, 3.05) is 18.5 Å². The zero-order valence-corrected chi connectivity index (χ0v) is 22.9. The Labute approximate surface area is 225 Å². The predicted molar refractivity (Wildman–Crippen MR) is 148 cm³/mol. The van der Waals surface area contributed by atoms with Crippen molar-refractivity contribution in [2.24, 2.45) is 17.3 Å². The number of nitrogens with one attached hydrogen (secondary N) is 3. The number of ether oxygens (including phenoxy) is 1. The minimum absolute atomic E-state index is 0.0723. The molecule has 1 aliphatic carbocycles. The van der Waals surface area contributed by atoms with Crippen molar-refractivity contribution < 1.29 is 24.2 Å². The molecule has 0 radical (unpaired) electrons. The van der Waals surface area contributed by atoms with Crippen LogP contribution in [0.5, 0.6) is 5.75 Å². The molecule has 1 aliphatic rings. The number of hydrogen-bond donors (Lipinski definition) is 4. The van der Waals surface area contributed by atoms with Crippen LogP contribution >= 0.6 is 0 Å². The highest BCUT2D eigenvalue weighted by molar-refractivity contribution is 5.94. The first-order chi connectivity index (χ1) is 18.1. The fraction of sp³-hybridized carbons (Fsp3) is 0.500. The topological polar surface area (TPSA) is 117 Å². The van der Waals surface area contributed by atoms with Crippen LogP contribution in [0.3, 0.4) is 0 Å². The summed E-state index contributed by atoms with van der Waals surface area (Å²) in [5.41, 5.74) is 2.32. The molecule has 1 saturated carbocycles. The summed E-state index contributed by atoms with van der Waals surface area (Å²) in [4.78, 5) is 36.2. The molecular formula is C30H41N3O5. The molecule has 0 aliphatic heterocycles. The molecule has 2 aromatic rings. The number of urea groups is 1. The van der Waals surface area contributed by atoms with E-state index in [1.807, 2.05) is 43.3 Å². The second-order valence-electron chi connectivity index (χ2n) is 11.0. The second-order valence-corrected chi connectivity index (χ2v) is 11.0. The normalized spacial score (nSPS) is 18.2. The quantitative estimate of drug-likeness (QED) is 0.304. The maximum atomic E-state index is 13.1. The summed E-state index contributed by atoms with van der Waals surface area (Å²) >= 11 is 0. The lowest BCUT2D eigenvalue weighted by molar-refractivity contribution is -0.136. The Kier molecular flexibility index (Phi) is 10.2. The van der Waals surface area contributed by atoms with Gasteiger partial charge in [0.2, 0.25) is 0 Å². The van der Waals surface area contributed by atoms with Crippen molar-refractivity contribution in [2.45, 2.75) is 65.8 Å². The van der Waals surface area contributed by atoms with Crippen LogP contribution in [0.1, 0.15) is 81.8 Å². The summed E-state index contributed by atoms with van der Waals surface area (Å²) in [6, 6.07) is 14.0. The zero-order chi connectivity index (χ0) is 27.7. The number of carbonyl (C=O) groups is 3. The van der Waals surface area contributed by atoms with Gasteiger partial charge < -0.3 is 25.8 Å². The smallest absolute Gasteiger partial charge is 0.319 e. The lowest BCUT2D eigenvalue weighted by Gasteiger charge is -2.39. The van der Waals surface area contributed by atoms with Gasteiger partial charge in [0.25, 0.3) is 5.91 Å². The molecule has 3 amide bonds. The highest BCUT2D eigenvalue weighted by Crippen LogP contribution is 2.43. The molecular weight excluding hydrogens is 482 g/mol. The number of amides is 3. The maximum Gasteiger partial charge on any atom is 0.319 e. The molecule has 1 unspecified atom stereocenters. The summed E-state index contributed by atoms with van der Waals surface area (Å²) in [6.07, 6.45) is 4.10. The standard InChI is InChI=1S/C30H41N3O5/c1-5-38-25-16-14-24(15-17-25)32-29(37)33-27(21-10-12-23(13-11-21)30(2,3)4)20-6-8-22(9-7-20)28(36)31-19-18-26(34)35/h6-9,14-17,21,23,27H,5,10-13,18-19H2,1-4H3,(H,31,36)(H,34,35)(H2,32,33,37). The molecule has 0 heterocycles. The molecule has 2 aromatic carbocycles. The molecule has 0 bridgehead atoms. The van der Waals surface area contributed by atoms with Crippen molar-refractivity contribution in [1.29, 1.82) is 0 Å². The summed E-state index contributed by atoms with van der Waals surface area (Å²) in [6.45, 7) is 9.44. The number of benzene rings is 2. The largest absolute Gasteiger partial charge is 0.494 e. The Morgan fingerprint density at radius 2 is 1.61 bits per heavy atom. The van der Waals surface area contributed by atoms with E-state index in [0.717, 1.165) is 37.0 Å². The third kappa shape index (κ3) is 8.50. The van der Waals surface area contributed by atoms with Gasteiger partial charge in [-0.25, -0.2) is 4.79 Å². The van der Waals surface area contributed by atoms with Crippen molar-refractivity contribution in [3.05, 3.63) is 59.7 Å². The Morgan fingerprint density at radius 1 is 0.974 bits per heavy atom. The SMILES string of the molecule is CCOc1ccc(NC(=O)NC(c2ccc(C(=O)NCCC(=O)O)cc2)C2CCC(C(C)(C)C)CC2)cc1. The number of carboxylic acids is 1. The van der Waals surface area contributed by atoms with Crippen LogP contribution in [0.15, 0.2) is 48.5 Å². The van der Waals surface area contributed by atoms with Gasteiger partial charge in [0.05, 0.1) is 19.1 Å². The molecule has 0 aromatic heterocycles. The Hall–Kier alpha value is -3.55. The minimum Gasteiger partial charge on any atom is -0.494 e. The van der Waals surface area contributed by atoms with Crippen LogP contribution in [-0.2, 0) is 4.79 Å². The van der Waals surface area contributed by atoms with Gasteiger partial charge in [-0.05, 0) is 91.8 Å². The van der Waals surface area contributed by atoms with Crippen molar-refractivity contribution >= 4 is 23.6 Å². The highest BCUT2D eigenvalue weighted by atomic mass is 16.5. The van der Waals surface area contributed by atoms with Gasteiger partial charge in [-0.1, -0.05) is 32.9 Å². The van der Waals surface area contributed by atoms with Crippen molar-refractivity contribution in [1.82, 2.24) is 10.6 Å². The molecule has 1 fully saturated rings. The van der Waals surface area contributed by atoms with Gasteiger partial charge in [0.1, 0.15) is 5.75 Å². The van der Waals surface area contributed by atoms with E-state index < -0.39 is 5.97 Å².